The molecule has 1 amide bonds. The number of amides is 1. The number of nitrogens with two attached hydrogens (primary N) is 1. The Balaban J connectivity index is 1.85. The van der Waals surface area contributed by atoms with Gasteiger partial charge in [0.2, 0.25) is 5.91 Å². The van der Waals surface area contributed by atoms with Crippen LogP contribution < -0.4 is 11.1 Å². The molecule has 0 radical (unpaired) electrons. The van der Waals surface area contributed by atoms with Gasteiger partial charge in [-0.3, -0.25) is 4.79 Å². The van der Waals surface area contributed by atoms with E-state index in [1.807, 2.05) is 31.2 Å². The van der Waals surface area contributed by atoms with Gasteiger partial charge in [-0.05, 0) is 25.3 Å². The minimum atomic E-state index is -0.605. The normalized spacial score (nSPS) is 20.7. The summed E-state index contributed by atoms with van der Waals surface area (Å²) in [5, 5.41) is 2.85. The zero-order valence-corrected chi connectivity index (χ0v) is 10.7. The lowest BCUT2D eigenvalue weighted by molar-refractivity contribution is -0.123. The largest absolute Gasteiger partial charge is 0.376 e. The van der Waals surface area contributed by atoms with E-state index in [9.17, 15) is 4.79 Å². The summed E-state index contributed by atoms with van der Waals surface area (Å²) in [6.07, 6.45) is 2.24. The van der Waals surface area contributed by atoms with E-state index in [0.29, 0.717) is 6.54 Å². The first-order valence-corrected chi connectivity index (χ1v) is 6.38. The maximum atomic E-state index is 11.9. The maximum Gasteiger partial charge on any atom is 0.241 e. The van der Waals surface area contributed by atoms with Crippen molar-refractivity contribution in [2.24, 2.45) is 5.73 Å². The molecule has 1 aliphatic rings. The van der Waals surface area contributed by atoms with Gasteiger partial charge in [0.1, 0.15) is 6.04 Å². The lowest BCUT2D eigenvalue weighted by Crippen LogP contribution is -2.38. The molecular weight excluding hydrogens is 228 g/mol. The number of carbonyl (C=O) groups is 1. The first kappa shape index (κ1) is 13.1. The molecule has 1 aromatic carbocycles. The van der Waals surface area contributed by atoms with Crippen LogP contribution in [0.5, 0.6) is 0 Å². The molecular formula is C14H20N2O2. The average Bonchev–Trinajstić information content (AvgIpc) is 2.89. The lowest BCUT2D eigenvalue weighted by Gasteiger charge is -2.15. The Kier molecular flexibility index (Phi) is 4.33. The smallest absolute Gasteiger partial charge is 0.241 e. The van der Waals surface area contributed by atoms with Gasteiger partial charge in [-0.2, -0.15) is 0 Å². The minimum Gasteiger partial charge on any atom is -0.376 e. The summed E-state index contributed by atoms with van der Waals surface area (Å²) < 4.78 is 5.45. The van der Waals surface area contributed by atoms with E-state index in [1.165, 1.54) is 0 Å². The van der Waals surface area contributed by atoms with Crippen LogP contribution in [0.4, 0.5) is 0 Å². The summed E-state index contributed by atoms with van der Waals surface area (Å²) in [7, 11) is 0. The summed E-state index contributed by atoms with van der Waals surface area (Å²) in [6.45, 7) is 3.36. The van der Waals surface area contributed by atoms with Crippen LogP contribution in [0.1, 0.15) is 30.0 Å². The monoisotopic (exact) mass is 248 g/mol. The molecule has 0 saturated carbocycles. The van der Waals surface area contributed by atoms with Crippen molar-refractivity contribution in [1.29, 1.82) is 0 Å². The fourth-order valence-corrected chi connectivity index (χ4v) is 2.05. The number of nitrogens with one attached hydrogen (secondary N) is 1. The van der Waals surface area contributed by atoms with Gasteiger partial charge in [-0.1, -0.05) is 29.8 Å². The molecule has 2 rings (SSSR count). The van der Waals surface area contributed by atoms with Crippen molar-refractivity contribution < 1.29 is 9.53 Å². The molecule has 0 aromatic heterocycles. The fourth-order valence-electron chi connectivity index (χ4n) is 2.05. The Morgan fingerprint density at radius 2 is 2.22 bits per heavy atom. The van der Waals surface area contributed by atoms with Crippen LogP contribution in [0, 0.1) is 6.92 Å². The third kappa shape index (κ3) is 3.31. The molecule has 0 bridgehead atoms. The molecule has 1 aliphatic heterocycles. The van der Waals surface area contributed by atoms with Crippen molar-refractivity contribution in [2.75, 3.05) is 13.2 Å². The van der Waals surface area contributed by atoms with E-state index in [4.69, 9.17) is 10.5 Å². The van der Waals surface area contributed by atoms with Crippen molar-refractivity contribution in [3.63, 3.8) is 0 Å². The van der Waals surface area contributed by atoms with Crippen molar-refractivity contribution in [2.45, 2.75) is 31.9 Å². The average molecular weight is 248 g/mol. The van der Waals surface area contributed by atoms with Crippen LogP contribution in [0.3, 0.4) is 0 Å². The van der Waals surface area contributed by atoms with E-state index < -0.39 is 6.04 Å². The van der Waals surface area contributed by atoms with Crippen molar-refractivity contribution in [3.8, 4) is 0 Å². The quantitative estimate of drug-likeness (QED) is 0.844. The van der Waals surface area contributed by atoms with Gasteiger partial charge >= 0.3 is 0 Å². The highest BCUT2D eigenvalue weighted by Gasteiger charge is 2.19. The van der Waals surface area contributed by atoms with E-state index in [0.717, 1.165) is 30.6 Å². The predicted octanol–water partition coefficient (Wildman–Crippen LogP) is 1.29. The fraction of sp³-hybridized carbons (Fsp3) is 0.500. The van der Waals surface area contributed by atoms with E-state index >= 15 is 0 Å². The molecule has 1 aromatic rings. The Labute approximate surface area is 108 Å². The van der Waals surface area contributed by atoms with Crippen LogP contribution in [-0.4, -0.2) is 25.2 Å². The SMILES string of the molecule is Cc1ccc(C(N)C(=O)NCC2CCCO2)cc1. The van der Waals surface area contributed by atoms with Crippen LogP contribution >= 0.6 is 0 Å². The van der Waals surface area contributed by atoms with Gasteiger partial charge in [0.25, 0.3) is 0 Å². The summed E-state index contributed by atoms with van der Waals surface area (Å²) in [5.74, 6) is -0.144. The predicted molar refractivity (Wildman–Crippen MR) is 70.1 cm³/mol. The van der Waals surface area contributed by atoms with Crippen LogP contribution in [0.15, 0.2) is 24.3 Å². The molecule has 4 nitrogen and oxygen atoms in total. The molecule has 2 atom stereocenters. The van der Waals surface area contributed by atoms with Gasteiger partial charge < -0.3 is 15.8 Å². The topological polar surface area (TPSA) is 64.4 Å². The van der Waals surface area contributed by atoms with Crippen LogP contribution in [-0.2, 0) is 9.53 Å². The highest BCUT2D eigenvalue weighted by molar-refractivity contribution is 5.82. The summed E-state index contributed by atoms with van der Waals surface area (Å²) >= 11 is 0. The summed E-state index contributed by atoms with van der Waals surface area (Å²) in [4.78, 5) is 11.9. The van der Waals surface area contributed by atoms with Crippen molar-refractivity contribution in [3.05, 3.63) is 35.4 Å². The lowest BCUT2D eigenvalue weighted by atomic mass is 10.1. The number of carbonyl (C=O) groups excluding carboxylic acids is 1. The number of hydrogen-bond acceptors (Lipinski definition) is 3. The van der Waals surface area contributed by atoms with E-state index in [1.54, 1.807) is 0 Å². The molecule has 1 heterocycles. The Bertz CT molecular complexity index is 397. The molecule has 1 saturated heterocycles. The van der Waals surface area contributed by atoms with Crippen molar-refractivity contribution >= 4 is 5.91 Å². The second-order valence-corrected chi connectivity index (χ2v) is 4.77. The first-order valence-electron chi connectivity index (χ1n) is 6.38. The molecule has 0 spiro atoms. The highest BCUT2D eigenvalue weighted by Crippen LogP contribution is 2.13. The van der Waals surface area contributed by atoms with E-state index in [2.05, 4.69) is 5.32 Å². The summed E-state index contributed by atoms with van der Waals surface area (Å²) in [5.41, 5.74) is 7.92. The van der Waals surface area contributed by atoms with Crippen molar-refractivity contribution in [1.82, 2.24) is 5.32 Å². The van der Waals surface area contributed by atoms with Gasteiger partial charge in [-0.15, -0.1) is 0 Å². The standard InChI is InChI=1S/C14H20N2O2/c1-10-4-6-11(7-5-10)13(15)14(17)16-9-12-3-2-8-18-12/h4-7,12-13H,2-3,8-9,15H2,1H3,(H,16,17). The second kappa shape index (κ2) is 5.98. The van der Waals surface area contributed by atoms with E-state index in [-0.39, 0.29) is 12.0 Å². The molecule has 0 aliphatic carbocycles. The highest BCUT2D eigenvalue weighted by atomic mass is 16.5. The number of ether oxygens (including phenoxy) is 1. The third-order valence-electron chi connectivity index (χ3n) is 3.25. The van der Waals surface area contributed by atoms with Gasteiger partial charge in [0.15, 0.2) is 0 Å². The Morgan fingerprint density at radius 3 is 2.83 bits per heavy atom. The summed E-state index contributed by atoms with van der Waals surface area (Å²) in [6, 6.07) is 7.11. The first-order chi connectivity index (χ1) is 8.66. The third-order valence-corrected chi connectivity index (χ3v) is 3.25. The maximum absolute atomic E-state index is 11.9. The zero-order valence-electron chi connectivity index (χ0n) is 10.7. The molecule has 2 unspecified atom stereocenters. The number of aryl methyl sites for hydroxylation is 1. The zero-order chi connectivity index (χ0) is 13.0. The van der Waals surface area contributed by atoms with Crippen LogP contribution in [0.25, 0.3) is 0 Å². The van der Waals surface area contributed by atoms with Gasteiger partial charge in [0, 0.05) is 13.2 Å². The van der Waals surface area contributed by atoms with Gasteiger partial charge in [-0.25, -0.2) is 0 Å². The van der Waals surface area contributed by atoms with Crippen LogP contribution in [0.2, 0.25) is 0 Å². The molecule has 98 valence electrons. The Hall–Kier alpha value is -1.39. The number of rotatable bonds is 4. The van der Waals surface area contributed by atoms with Gasteiger partial charge in [0.05, 0.1) is 6.10 Å². The number of hydrogen-bond donors (Lipinski definition) is 2. The minimum absolute atomic E-state index is 0.144. The number of benzene rings is 1. The molecule has 18 heavy (non-hydrogen) atoms. The molecule has 1 fully saturated rings. The second-order valence-electron chi connectivity index (χ2n) is 4.77. The molecule has 3 N–H and O–H groups in total. The molecule has 4 heteroatoms. The Morgan fingerprint density at radius 1 is 1.50 bits per heavy atom.